The largest absolute Gasteiger partial charge is 0.497 e. The van der Waals surface area contributed by atoms with E-state index in [1.54, 1.807) is 7.11 Å². The summed E-state index contributed by atoms with van der Waals surface area (Å²) in [6.07, 6.45) is 5.09. The van der Waals surface area contributed by atoms with E-state index in [9.17, 15) is 4.79 Å². The first-order valence-corrected chi connectivity index (χ1v) is 10.9. The molecule has 3 rings (SSSR count). The molecule has 0 saturated carbocycles. The molecule has 1 aromatic carbocycles. The van der Waals surface area contributed by atoms with Crippen LogP contribution in [0, 0.1) is 12.3 Å². The van der Waals surface area contributed by atoms with E-state index in [1.165, 1.54) is 5.56 Å². The third kappa shape index (κ3) is 5.39. The molecule has 5 heteroatoms. The molecule has 1 aliphatic rings. The van der Waals surface area contributed by atoms with Crippen molar-refractivity contribution in [3.05, 3.63) is 59.4 Å². The Bertz CT molecular complexity index is 844. The fraction of sp³-hybridized carbons (Fsp3) is 0.520. The molecule has 1 saturated heterocycles. The summed E-state index contributed by atoms with van der Waals surface area (Å²) in [5, 5.41) is 0. The van der Waals surface area contributed by atoms with E-state index in [2.05, 4.69) is 35.9 Å². The van der Waals surface area contributed by atoms with E-state index in [1.807, 2.05) is 37.4 Å². The standard InChI is InChI=1S/C25H34N2O3/c1-5-30-24(28)25(18-21-7-6-8-23(17-21)29-4)10-13-27(14-11-25)20(3)16-22-15-19(2)9-12-26-22/h6-9,12,15,17,20H,5,10-11,13-14,16,18H2,1-4H3. The van der Waals surface area contributed by atoms with Crippen LogP contribution >= 0.6 is 0 Å². The fourth-order valence-electron chi connectivity index (χ4n) is 4.45. The molecule has 1 fully saturated rings. The molecule has 2 aromatic rings. The maximum atomic E-state index is 13.0. The minimum Gasteiger partial charge on any atom is -0.497 e. The number of nitrogens with zero attached hydrogens (tertiary/aromatic N) is 2. The number of ether oxygens (including phenoxy) is 2. The predicted molar refractivity (Wildman–Crippen MR) is 119 cm³/mol. The highest BCUT2D eigenvalue weighted by atomic mass is 16.5. The van der Waals surface area contributed by atoms with Crippen molar-refractivity contribution in [1.82, 2.24) is 9.88 Å². The van der Waals surface area contributed by atoms with Gasteiger partial charge >= 0.3 is 5.97 Å². The number of likely N-dealkylation sites (tertiary alicyclic amines) is 1. The maximum absolute atomic E-state index is 13.0. The van der Waals surface area contributed by atoms with Gasteiger partial charge in [0.2, 0.25) is 0 Å². The first kappa shape index (κ1) is 22.3. The molecule has 30 heavy (non-hydrogen) atoms. The molecule has 1 atom stereocenters. The van der Waals surface area contributed by atoms with Crippen molar-refractivity contribution in [3.8, 4) is 5.75 Å². The third-order valence-corrected chi connectivity index (χ3v) is 6.24. The lowest BCUT2D eigenvalue weighted by molar-refractivity contribution is -0.159. The topological polar surface area (TPSA) is 51.7 Å². The number of carbonyl (C=O) groups is 1. The van der Waals surface area contributed by atoms with Gasteiger partial charge in [0.1, 0.15) is 5.75 Å². The zero-order chi connectivity index (χ0) is 21.6. The van der Waals surface area contributed by atoms with Crippen LogP contribution in [0.25, 0.3) is 0 Å². The molecule has 5 nitrogen and oxygen atoms in total. The van der Waals surface area contributed by atoms with Crippen LogP contribution < -0.4 is 4.74 Å². The van der Waals surface area contributed by atoms with E-state index < -0.39 is 5.41 Å². The molecule has 1 aromatic heterocycles. The summed E-state index contributed by atoms with van der Waals surface area (Å²) >= 11 is 0. The summed E-state index contributed by atoms with van der Waals surface area (Å²) in [6.45, 7) is 8.42. The van der Waals surface area contributed by atoms with E-state index >= 15 is 0 Å². The number of hydrogen-bond donors (Lipinski definition) is 0. The lowest BCUT2D eigenvalue weighted by Crippen LogP contribution is -2.49. The zero-order valence-electron chi connectivity index (χ0n) is 18.7. The Hall–Kier alpha value is -2.40. The summed E-state index contributed by atoms with van der Waals surface area (Å²) in [7, 11) is 1.67. The van der Waals surface area contributed by atoms with Crippen LogP contribution in [0.1, 0.15) is 43.5 Å². The molecular weight excluding hydrogens is 376 g/mol. The number of rotatable bonds is 8. The number of hydrogen-bond acceptors (Lipinski definition) is 5. The minimum absolute atomic E-state index is 0.0690. The van der Waals surface area contributed by atoms with Crippen LogP contribution in [0.15, 0.2) is 42.6 Å². The van der Waals surface area contributed by atoms with Crippen molar-refractivity contribution in [3.63, 3.8) is 0 Å². The van der Waals surface area contributed by atoms with Gasteiger partial charge in [-0.25, -0.2) is 0 Å². The summed E-state index contributed by atoms with van der Waals surface area (Å²) in [5.74, 6) is 0.753. The lowest BCUT2D eigenvalue weighted by Gasteiger charge is -2.42. The highest BCUT2D eigenvalue weighted by molar-refractivity contribution is 5.77. The minimum atomic E-state index is -0.472. The van der Waals surface area contributed by atoms with E-state index in [4.69, 9.17) is 9.47 Å². The highest BCUT2D eigenvalue weighted by Gasteiger charge is 2.43. The van der Waals surface area contributed by atoms with Gasteiger partial charge in [0.15, 0.2) is 0 Å². The van der Waals surface area contributed by atoms with Gasteiger partial charge in [-0.15, -0.1) is 0 Å². The van der Waals surface area contributed by atoms with Crippen LogP contribution in [-0.4, -0.2) is 48.7 Å². The van der Waals surface area contributed by atoms with Gasteiger partial charge in [0, 0.05) is 24.4 Å². The Morgan fingerprint density at radius 3 is 2.67 bits per heavy atom. The van der Waals surface area contributed by atoms with Gasteiger partial charge in [-0.3, -0.25) is 9.78 Å². The van der Waals surface area contributed by atoms with Crippen molar-refractivity contribution >= 4 is 5.97 Å². The van der Waals surface area contributed by atoms with Crippen LogP contribution in [0.5, 0.6) is 5.75 Å². The van der Waals surface area contributed by atoms with Gasteiger partial charge < -0.3 is 14.4 Å². The smallest absolute Gasteiger partial charge is 0.312 e. The number of benzene rings is 1. The second kappa shape index (κ2) is 10.1. The fourth-order valence-corrected chi connectivity index (χ4v) is 4.45. The van der Waals surface area contributed by atoms with Crippen molar-refractivity contribution < 1.29 is 14.3 Å². The van der Waals surface area contributed by atoms with E-state index in [0.717, 1.165) is 49.4 Å². The number of aryl methyl sites for hydroxylation is 1. The Labute approximate surface area is 180 Å². The molecule has 2 heterocycles. The number of esters is 1. The molecule has 0 spiro atoms. The normalized spacial score (nSPS) is 17.3. The second-order valence-corrected chi connectivity index (χ2v) is 8.44. The molecule has 1 unspecified atom stereocenters. The molecule has 0 radical (unpaired) electrons. The van der Waals surface area contributed by atoms with Crippen LogP contribution in [0.3, 0.4) is 0 Å². The lowest BCUT2D eigenvalue weighted by atomic mass is 9.73. The van der Waals surface area contributed by atoms with Gasteiger partial charge in [0.05, 0.1) is 19.1 Å². The highest BCUT2D eigenvalue weighted by Crippen LogP contribution is 2.38. The number of carbonyl (C=O) groups excluding carboxylic acids is 1. The molecule has 162 valence electrons. The second-order valence-electron chi connectivity index (χ2n) is 8.44. The monoisotopic (exact) mass is 410 g/mol. The maximum Gasteiger partial charge on any atom is 0.312 e. The SMILES string of the molecule is CCOC(=O)C1(Cc2cccc(OC)c2)CCN(C(C)Cc2cc(C)ccn2)CC1. The Morgan fingerprint density at radius 2 is 2.00 bits per heavy atom. The molecule has 0 amide bonds. The van der Waals surface area contributed by atoms with Crippen molar-refractivity contribution in [1.29, 1.82) is 0 Å². The Morgan fingerprint density at radius 1 is 1.23 bits per heavy atom. The summed E-state index contributed by atoms with van der Waals surface area (Å²) in [4.78, 5) is 20.0. The van der Waals surface area contributed by atoms with Crippen molar-refractivity contribution in [2.75, 3.05) is 26.8 Å². The predicted octanol–water partition coefficient (Wildman–Crippen LogP) is 4.22. The average molecular weight is 411 g/mol. The molecular formula is C25H34N2O3. The Balaban J connectivity index is 1.70. The first-order valence-electron chi connectivity index (χ1n) is 10.9. The van der Waals surface area contributed by atoms with Crippen LogP contribution in [0.4, 0.5) is 0 Å². The van der Waals surface area contributed by atoms with Crippen LogP contribution in [0.2, 0.25) is 0 Å². The number of pyridine rings is 1. The third-order valence-electron chi connectivity index (χ3n) is 6.24. The molecule has 0 N–H and O–H groups in total. The zero-order valence-corrected chi connectivity index (χ0v) is 18.7. The quantitative estimate of drug-likeness (QED) is 0.610. The number of aromatic nitrogens is 1. The summed E-state index contributed by atoms with van der Waals surface area (Å²) in [6, 6.07) is 12.6. The van der Waals surface area contributed by atoms with E-state index in [-0.39, 0.29) is 5.97 Å². The molecule has 1 aliphatic heterocycles. The number of piperidine rings is 1. The number of methoxy groups -OCH3 is 1. The molecule has 0 aliphatic carbocycles. The summed E-state index contributed by atoms with van der Waals surface area (Å²) < 4.78 is 10.9. The Kier molecular flexibility index (Phi) is 7.48. The van der Waals surface area contributed by atoms with E-state index in [0.29, 0.717) is 19.1 Å². The van der Waals surface area contributed by atoms with Gasteiger partial charge in [0.25, 0.3) is 0 Å². The van der Waals surface area contributed by atoms with Gasteiger partial charge in [-0.2, -0.15) is 0 Å². The summed E-state index contributed by atoms with van der Waals surface area (Å²) in [5.41, 5.74) is 3.01. The van der Waals surface area contributed by atoms with Crippen molar-refractivity contribution in [2.24, 2.45) is 5.41 Å². The average Bonchev–Trinajstić information content (AvgIpc) is 2.74. The van der Waals surface area contributed by atoms with Gasteiger partial charge in [-0.05, 0) is 88.5 Å². The first-order chi connectivity index (χ1) is 14.5. The van der Waals surface area contributed by atoms with Crippen molar-refractivity contribution in [2.45, 2.75) is 52.5 Å². The van der Waals surface area contributed by atoms with Gasteiger partial charge in [-0.1, -0.05) is 12.1 Å². The molecule has 0 bridgehead atoms. The van der Waals surface area contributed by atoms with Crippen LogP contribution in [-0.2, 0) is 22.4 Å².